The molecule has 90 valence electrons. The Morgan fingerprint density at radius 1 is 1.41 bits per heavy atom. The van der Waals surface area contributed by atoms with Gasteiger partial charge in [-0.2, -0.15) is 11.3 Å². The number of hydrogen-bond acceptors (Lipinski definition) is 4. The minimum atomic E-state index is 0.507. The van der Waals surface area contributed by atoms with Gasteiger partial charge in [0.25, 0.3) is 0 Å². The number of hydrogen-bond donors (Lipinski definition) is 0. The molecule has 0 saturated heterocycles. The maximum atomic E-state index is 5.81. The first-order valence-corrected chi connectivity index (χ1v) is 8.00. The summed E-state index contributed by atoms with van der Waals surface area (Å²) < 4.78 is 0. The highest BCUT2D eigenvalue weighted by molar-refractivity contribution is 7.13. The van der Waals surface area contributed by atoms with Gasteiger partial charge in [0, 0.05) is 18.0 Å². The van der Waals surface area contributed by atoms with Crippen LogP contribution < -0.4 is 4.90 Å². The molecule has 3 rings (SSSR count). The second-order valence-corrected chi connectivity index (χ2v) is 6.13. The van der Waals surface area contributed by atoms with Crippen LogP contribution in [0.5, 0.6) is 0 Å². The molecule has 0 N–H and O–H groups in total. The maximum absolute atomic E-state index is 5.81. The van der Waals surface area contributed by atoms with Crippen LogP contribution in [0.15, 0.2) is 22.2 Å². The second-order valence-electron chi connectivity index (χ2n) is 4.25. The van der Waals surface area contributed by atoms with E-state index < -0.39 is 0 Å². The van der Waals surface area contributed by atoms with Crippen molar-refractivity contribution < 1.29 is 0 Å². The van der Waals surface area contributed by atoms with Crippen LogP contribution >= 0.6 is 34.3 Å². The van der Waals surface area contributed by atoms with E-state index in [1.165, 1.54) is 18.4 Å². The molecule has 0 bridgehead atoms. The Morgan fingerprint density at radius 3 is 2.88 bits per heavy atom. The molecular weight excluding hydrogens is 272 g/mol. The van der Waals surface area contributed by atoms with Gasteiger partial charge in [-0.1, -0.05) is 0 Å². The number of anilines is 1. The fourth-order valence-electron chi connectivity index (χ4n) is 1.81. The Hall–Kier alpha value is -0.580. The molecule has 1 fully saturated rings. The molecule has 1 saturated carbocycles. The number of halogens is 1. The van der Waals surface area contributed by atoms with E-state index in [-0.39, 0.29) is 0 Å². The smallest absolute Gasteiger partial charge is 0.186 e. The SMILES string of the molecule is ClCc1csc(N(Cc2ccsc2)C2CC2)n1. The van der Waals surface area contributed by atoms with Crippen LogP contribution in [0.3, 0.4) is 0 Å². The van der Waals surface area contributed by atoms with Crippen LogP contribution in [0, 0.1) is 0 Å². The molecular formula is C12H13ClN2S2. The highest BCUT2D eigenvalue weighted by Crippen LogP contribution is 2.35. The fourth-order valence-corrected chi connectivity index (χ4v) is 3.59. The quantitative estimate of drug-likeness (QED) is 0.768. The number of thiazole rings is 1. The van der Waals surface area contributed by atoms with Crippen LogP contribution in [0.1, 0.15) is 24.1 Å². The van der Waals surface area contributed by atoms with Gasteiger partial charge in [-0.25, -0.2) is 4.98 Å². The average Bonchev–Trinajstić information content (AvgIpc) is 2.88. The maximum Gasteiger partial charge on any atom is 0.186 e. The minimum Gasteiger partial charge on any atom is -0.341 e. The van der Waals surface area contributed by atoms with Crippen molar-refractivity contribution in [3.8, 4) is 0 Å². The van der Waals surface area contributed by atoms with E-state index in [9.17, 15) is 0 Å². The Balaban J connectivity index is 1.79. The van der Waals surface area contributed by atoms with E-state index in [1.54, 1.807) is 22.7 Å². The summed E-state index contributed by atoms with van der Waals surface area (Å²) in [4.78, 5) is 7.01. The van der Waals surface area contributed by atoms with E-state index in [2.05, 4.69) is 32.1 Å². The van der Waals surface area contributed by atoms with Crippen LogP contribution in [-0.4, -0.2) is 11.0 Å². The van der Waals surface area contributed by atoms with Gasteiger partial charge in [0.15, 0.2) is 5.13 Å². The molecule has 2 nitrogen and oxygen atoms in total. The lowest BCUT2D eigenvalue weighted by molar-refractivity contribution is 0.790. The summed E-state index contributed by atoms with van der Waals surface area (Å²) in [5.41, 5.74) is 2.37. The zero-order chi connectivity index (χ0) is 11.7. The van der Waals surface area contributed by atoms with Crippen molar-refractivity contribution >= 4 is 39.4 Å². The number of rotatable bonds is 5. The zero-order valence-corrected chi connectivity index (χ0v) is 11.7. The van der Waals surface area contributed by atoms with Crippen LogP contribution in [0.4, 0.5) is 5.13 Å². The molecule has 0 aliphatic heterocycles. The van der Waals surface area contributed by atoms with Crippen molar-refractivity contribution in [2.45, 2.75) is 31.3 Å². The largest absolute Gasteiger partial charge is 0.341 e. The molecule has 0 amide bonds. The molecule has 0 radical (unpaired) electrons. The van der Waals surface area contributed by atoms with Gasteiger partial charge in [-0.3, -0.25) is 0 Å². The third-order valence-corrected chi connectivity index (χ3v) is 4.78. The van der Waals surface area contributed by atoms with Crippen molar-refractivity contribution in [2.75, 3.05) is 4.90 Å². The molecule has 2 heterocycles. The lowest BCUT2D eigenvalue weighted by atomic mass is 10.3. The highest BCUT2D eigenvalue weighted by atomic mass is 35.5. The molecule has 0 atom stereocenters. The highest BCUT2D eigenvalue weighted by Gasteiger charge is 2.30. The van der Waals surface area contributed by atoms with Crippen molar-refractivity contribution in [1.82, 2.24) is 4.98 Å². The summed E-state index contributed by atoms with van der Waals surface area (Å²) >= 11 is 9.27. The van der Waals surface area contributed by atoms with Gasteiger partial charge in [0.2, 0.25) is 0 Å². The molecule has 0 aromatic carbocycles. The van der Waals surface area contributed by atoms with Crippen LogP contribution in [-0.2, 0) is 12.4 Å². The van der Waals surface area contributed by atoms with E-state index in [4.69, 9.17) is 11.6 Å². The number of thiophene rings is 1. The normalized spacial score (nSPS) is 15.1. The molecule has 1 aliphatic rings. The third-order valence-electron chi connectivity index (χ3n) is 2.84. The second kappa shape index (κ2) is 4.96. The average molecular weight is 285 g/mol. The van der Waals surface area contributed by atoms with E-state index in [1.807, 2.05) is 0 Å². The molecule has 2 aromatic heterocycles. The zero-order valence-electron chi connectivity index (χ0n) is 9.30. The van der Waals surface area contributed by atoms with E-state index in [0.29, 0.717) is 11.9 Å². The topological polar surface area (TPSA) is 16.1 Å². The van der Waals surface area contributed by atoms with Gasteiger partial charge in [-0.15, -0.1) is 22.9 Å². The first-order chi connectivity index (χ1) is 8.36. The summed E-state index contributed by atoms with van der Waals surface area (Å²) in [5, 5.41) is 7.53. The molecule has 0 unspecified atom stereocenters. The minimum absolute atomic E-state index is 0.507. The van der Waals surface area contributed by atoms with Gasteiger partial charge >= 0.3 is 0 Å². The lowest BCUT2D eigenvalue weighted by Crippen LogP contribution is -2.24. The number of aromatic nitrogens is 1. The van der Waals surface area contributed by atoms with Crippen molar-refractivity contribution in [1.29, 1.82) is 0 Å². The van der Waals surface area contributed by atoms with E-state index >= 15 is 0 Å². The van der Waals surface area contributed by atoms with Crippen LogP contribution in [0.25, 0.3) is 0 Å². The van der Waals surface area contributed by atoms with Crippen molar-refractivity contribution in [2.24, 2.45) is 0 Å². The Labute approximate surface area is 114 Å². The Bertz CT molecular complexity index is 476. The number of nitrogens with zero attached hydrogens (tertiary/aromatic N) is 2. The lowest BCUT2D eigenvalue weighted by Gasteiger charge is -2.20. The van der Waals surface area contributed by atoms with Crippen molar-refractivity contribution in [3.63, 3.8) is 0 Å². The van der Waals surface area contributed by atoms with Crippen LogP contribution in [0.2, 0.25) is 0 Å². The standard InChI is InChI=1S/C12H13ClN2S2/c13-5-10-8-17-12(14-10)15(11-1-2-11)6-9-3-4-16-7-9/h3-4,7-8,11H,1-2,5-6H2. The molecule has 2 aromatic rings. The van der Waals surface area contributed by atoms with E-state index in [0.717, 1.165) is 17.4 Å². The Kier molecular flexibility index (Phi) is 3.36. The van der Waals surface area contributed by atoms with Crippen molar-refractivity contribution in [3.05, 3.63) is 33.5 Å². The summed E-state index contributed by atoms with van der Waals surface area (Å²) in [6, 6.07) is 2.88. The molecule has 5 heteroatoms. The molecule has 1 aliphatic carbocycles. The van der Waals surface area contributed by atoms with Gasteiger partial charge in [0.05, 0.1) is 11.6 Å². The predicted molar refractivity (Wildman–Crippen MR) is 75.2 cm³/mol. The van der Waals surface area contributed by atoms with Gasteiger partial charge in [0.1, 0.15) is 0 Å². The molecule has 17 heavy (non-hydrogen) atoms. The first kappa shape index (κ1) is 11.5. The monoisotopic (exact) mass is 284 g/mol. The molecule has 0 spiro atoms. The predicted octanol–water partition coefficient (Wildman–Crippen LogP) is 4.11. The fraction of sp³-hybridized carbons (Fsp3) is 0.417. The summed E-state index contributed by atoms with van der Waals surface area (Å²) in [6.07, 6.45) is 2.58. The third kappa shape index (κ3) is 2.64. The van der Waals surface area contributed by atoms with Gasteiger partial charge in [-0.05, 0) is 35.2 Å². The first-order valence-electron chi connectivity index (χ1n) is 5.65. The summed E-state index contributed by atoms with van der Waals surface area (Å²) in [7, 11) is 0. The summed E-state index contributed by atoms with van der Waals surface area (Å²) in [5.74, 6) is 0.507. The van der Waals surface area contributed by atoms with Gasteiger partial charge < -0.3 is 4.90 Å². The Morgan fingerprint density at radius 2 is 2.29 bits per heavy atom. The number of alkyl halides is 1. The summed E-state index contributed by atoms with van der Waals surface area (Å²) in [6.45, 7) is 0.976.